The van der Waals surface area contributed by atoms with Crippen LogP contribution < -0.4 is 5.32 Å². The van der Waals surface area contributed by atoms with Crippen LogP contribution >= 0.6 is 11.6 Å². The van der Waals surface area contributed by atoms with E-state index in [1.54, 1.807) is 12.1 Å². The van der Waals surface area contributed by atoms with E-state index >= 15 is 0 Å². The second-order valence-electron chi connectivity index (χ2n) is 4.01. The van der Waals surface area contributed by atoms with Gasteiger partial charge < -0.3 is 15.3 Å². The van der Waals surface area contributed by atoms with Crippen molar-refractivity contribution in [3.05, 3.63) is 34.9 Å². The van der Waals surface area contributed by atoms with E-state index in [0.717, 1.165) is 7.05 Å². The summed E-state index contributed by atoms with van der Waals surface area (Å²) in [7, 11) is 1.15. The van der Waals surface area contributed by atoms with E-state index in [-0.39, 0.29) is 10.6 Å². The van der Waals surface area contributed by atoms with Crippen LogP contribution in [0.1, 0.15) is 11.6 Å². The summed E-state index contributed by atoms with van der Waals surface area (Å²) >= 11 is 5.86. The number of carbonyl (C=O) groups excluding carboxylic acids is 1. The molecule has 1 aromatic rings. The van der Waals surface area contributed by atoms with Gasteiger partial charge in [-0.05, 0) is 6.07 Å². The van der Waals surface area contributed by atoms with Crippen molar-refractivity contribution in [2.45, 2.75) is 12.5 Å². The molecule has 0 fully saturated rings. The lowest BCUT2D eigenvalue weighted by Crippen LogP contribution is -2.43. The number of carboxylic acids is 1. The van der Waals surface area contributed by atoms with E-state index in [1.165, 1.54) is 12.1 Å². The largest absolute Gasteiger partial charge is 0.479 e. The highest BCUT2D eigenvalue weighted by atomic mass is 35.5. The van der Waals surface area contributed by atoms with Gasteiger partial charge in [-0.1, -0.05) is 29.8 Å². The van der Waals surface area contributed by atoms with Crippen LogP contribution in [-0.4, -0.2) is 42.0 Å². The van der Waals surface area contributed by atoms with E-state index < -0.39 is 31.0 Å². The molecule has 2 N–H and O–H groups in total. The van der Waals surface area contributed by atoms with Crippen molar-refractivity contribution in [3.63, 3.8) is 0 Å². The second-order valence-corrected chi connectivity index (χ2v) is 4.42. The maximum absolute atomic E-state index is 12.2. The van der Waals surface area contributed by atoms with Crippen LogP contribution in [0.5, 0.6) is 0 Å². The molecule has 1 atom stereocenters. The van der Waals surface area contributed by atoms with Crippen LogP contribution in [-0.2, 0) is 4.79 Å². The predicted molar refractivity (Wildman–Crippen MR) is 69.0 cm³/mol. The molecule has 20 heavy (non-hydrogen) atoms. The summed E-state index contributed by atoms with van der Waals surface area (Å²) in [5.41, 5.74) is 0.181. The van der Waals surface area contributed by atoms with Gasteiger partial charge in [0.05, 0.1) is 6.54 Å². The first kappa shape index (κ1) is 16.2. The standard InChI is InChI=1S/C12H13ClF2N2O3/c1-17(6-9(14)15)12(20)16-10(11(18)19)7-4-2-3-5-8(7)13/h2-5,9-10H,6H2,1H3,(H,16,20)(H,18,19)/t10-/m1/s1. The Kier molecular flexibility index (Phi) is 5.69. The molecule has 0 aliphatic rings. The van der Waals surface area contributed by atoms with Crippen LogP contribution in [0.2, 0.25) is 5.02 Å². The van der Waals surface area contributed by atoms with Gasteiger partial charge in [-0.25, -0.2) is 18.4 Å². The van der Waals surface area contributed by atoms with Gasteiger partial charge in [-0.2, -0.15) is 0 Å². The maximum atomic E-state index is 12.2. The summed E-state index contributed by atoms with van der Waals surface area (Å²) in [5, 5.41) is 11.4. The van der Waals surface area contributed by atoms with Gasteiger partial charge >= 0.3 is 12.0 Å². The summed E-state index contributed by atoms with van der Waals surface area (Å²) in [6, 6.07) is 3.76. The first-order chi connectivity index (χ1) is 9.32. The number of rotatable bonds is 5. The van der Waals surface area contributed by atoms with Crippen molar-refractivity contribution in [3.8, 4) is 0 Å². The lowest BCUT2D eigenvalue weighted by Gasteiger charge is -2.21. The Morgan fingerprint density at radius 2 is 2.00 bits per heavy atom. The number of urea groups is 1. The van der Waals surface area contributed by atoms with Crippen molar-refractivity contribution >= 4 is 23.6 Å². The van der Waals surface area contributed by atoms with Crippen LogP contribution in [0.4, 0.5) is 13.6 Å². The second kappa shape index (κ2) is 7.04. The molecule has 2 amide bonds. The number of aliphatic carboxylic acids is 1. The van der Waals surface area contributed by atoms with Crippen molar-refractivity contribution in [2.24, 2.45) is 0 Å². The highest BCUT2D eigenvalue weighted by molar-refractivity contribution is 6.31. The first-order valence-corrected chi connectivity index (χ1v) is 5.97. The summed E-state index contributed by atoms with van der Waals surface area (Å²) in [6.45, 7) is -0.791. The lowest BCUT2D eigenvalue weighted by molar-refractivity contribution is -0.139. The zero-order chi connectivity index (χ0) is 15.3. The highest BCUT2D eigenvalue weighted by Gasteiger charge is 2.26. The average molecular weight is 307 g/mol. The van der Waals surface area contributed by atoms with Gasteiger partial charge in [0.25, 0.3) is 6.43 Å². The first-order valence-electron chi connectivity index (χ1n) is 5.60. The number of nitrogens with one attached hydrogen (secondary N) is 1. The molecule has 8 heteroatoms. The lowest BCUT2D eigenvalue weighted by atomic mass is 10.1. The van der Waals surface area contributed by atoms with Crippen molar-refractivity contribution in [2.75, 3.05) is 13.6 Å². The van der Waals surface area contributed by atoms with E-state index in [9.17, 15) is 18.4 Å². The smallest absolute Gasteiger partial charge is 0.331 e. The predicted octanol–water partition coefficient (Wildman–Crippen LogP) is 2.37. The third-order valence-electron chi connectivity index (χ3n) is 2.49. The third-order valence-corrected chi connectivity index (χ3v) is 2.83. The van der Waals surface area contributed by atoms with Crippen LogP contribution in [0.25, 0.3) is 0 Å². The van der Waals surface area contributed by atoms with Gasteiger partial charge in [-0.15, -0.1) is 0 Å². The minimum absolute atomic E-state index is 0.164. The van der Waals surface area contributed by atoms with Crippen LogP contribution in [0.3, 0.4) is 0 Å². The zero-order valence-corrected chi connectivity index (χ0v) is 11.3. The number of carboxylic acid groups (broad SMARTS) is 1. The van der Waals surface area contributed by atoms with Crippen LogP contribution in [0, 0.1) is 0 Å². The van der Waals surface area contributed by atoms with E-state index in [2.05, 4.69) is 5.32 Å². The normalized spacial score (nSPS) is 12.1. The molecule has 0 unspecified atom stereocenters. The quantitative estimate of drug-likeness (QED) is 0.877. The van der Waals surface area contributed by atoms with E-state index in [4.69, 9.17) is 16.7 Å². The molecule has 0 bridgehead atoms. The number of carbonyl (C=O) groups is 2. The molecule has 0 saturated carbocycles. The van der Waals surface area contributed by atoms with Crippen molar-refractivity contribution in [1.29, 1.82) is 0 Å². The number of amides is 2. The molecule has 110 valence electrons. The molecular weight excluding hydrogens is 294 g/mol. The fourth-order valence-electron chi connectivity index (χ4n) is 1.51. The van der Waals surface area contributed by atoms with Crippen molar-refractivity contribution < 1.29 is 23.5 Å². The number of alkyl halides is 2. The Bertz CT molecular complexity index is 499. The average Bonchev–Trinajstić information content (AvgIpc) is 2.35. The summed E-state index contributed by atoms with van der Waals surface area (Å²) in [6.07, 6.45) is -2.70. The van der Waals surface area contributed by atoms with Gasteiger partial charge in [0.1, 0.15) is 0 Å². The fourth-order valence-corrected chi connectivity index (χ4v) is 1.75. The molecule has 0 spiro atoms. The van der Waals surface area contributed by atoms with Gasteiger partial charge in [-0.3, -0.25) is 0 Å². The topological polar surface area (TPSA) is 69.6 Å². The third kappa shape index (κ3) is 4.34. The number of hydrogen-bond acceptors (Lipinski definition) is 2. The van der Waals surface area contributed by atoms with E-state index in [1.807, 2.05) is 0 Å². The minimum Gasteiger partial charge on any atom is -0.479 e. The minimum atomic E-state index is -2.70. The molecule has 0 aromatic heterocycles. The van der Waals surface area contributed by atoms with Crippen molar-refractivity contribution in [1.82, 2.24) is 10.2 Å². The monoisotopic (exact) mass is 306 g/mol. The molecule has 0 aliphatic carbocycles. The SMILES string of the molecule is CN(CC(F)F)C(=O)N[C@@H](C(=O)O)c1ccccc1Cl. The summed E-state index contributed by atoms with van der Waals surface area (Å²) in [4.78, 5) is 23.6. The van der Waals surface area contributed by atoms with Gasteiger partial charge in [0, 0.05) is 17.6 Å². The van der Waals surface area contributed by atoms with E-state index in [0.29, 0.717) is 4.90 Å². The number of nitrogens with zero attached hydrogens (tertiary/aromatic N) is 1. The Balaban J connectivity index is 2.87. The Morgan fingerprint density at radius 1 is 1.40 bits per heavy atom. The molecule has 1 aromatic carbocycles. The number of halogens is 3. The van der Waals surface area contributed by atoms with Crippen LogP contribution in [0.15, 0.2) is 24.3 Å². The Hall–Kier alpha value is -1.89. The number of benzene rings is 1. The zero-order valence-electron chi connectivity index (χ0n) is 10.5. The highest BCUT2D eigenvalue weighted by Crippen LogP contribution is 2.23. The molecular formula is C12H13ClF2N2O3. The van der Waals surface area contributed by atoms with Gasteiger partial charge in [0.2, 0.25) is 0 Å². The molecule has 0 aliphatic heterocycles. The fraction of sp³-hybridized carbons (Fsp3) is 0.333. The number of hydrogen-bond donors (Lipinski definition) is 2. The molecule has 0 saturated heterocycles. The summed E-state index contributed by atoms with van der Waals surface area (Å²) in [5.74, 6) is -1.34. The Morgan fingerprint density at radius 3 is 2.50 bits per heavy atom. The molecule has 5 nitrogen and oxygen atoms in total. The molecule has 1 rings (SSSR count). The van der Waals surface area contributed by atoms with Gasteiger partial charge in [0.15, 0.2) is 6.04 Å². The maximum Gasteiger partial charge on any atom is 0.331 e. The molecule has 0 heterocycles. The summed E-state index contributed by atoms with van der Waals surface area (Å²) < 4.78 is 24.3. The molecule has 0 radical (unpaired) electrons. The Labute approximate surface area is 119 Å².